The number of carboxylic acids is 1. The van der Waals surface area contributed by atoms with E-state index in [9.17, 15) is 9.59 Å². The van der Waals surface area contributed by atoms with Gasteiger partial charge in [0.1, 0.15) is 0 Å². The van der Waals surface area contributed by atoms with Gasteiger partial charge < -0.3 is 15.3 Å². The van der Waals surface area contributed by atoms with Gasteiger partial charge in [0.25, 0.3) is 0 Å². The van der Waals surface area contributed by atoms with E-state index >= 15 is 0 Å². The predicted octanol–water partition coefficient (Wildman–Crippen LogP) is 1.40. The number of amides is 1. The fourth-order valence-corrected chi connectivity index (χ4v) is 2.15. The van der Waals surface area contributed by atoms with E-state index in [1.54, 1.807) is 6.92 Å². The molecule has 1 amide bonds. The third kappa shape index (κ3) is 5.42. The Balaban J connectivity index is 2.34. The van der Waals surface area contributed by atoms with Gasteiger partial charge in [0.15, 0.2) is 0 Å². The van der Waals surface area contributed by atoms with Crippen molar-refractivity contribution in [2.24, 2.45) is 0 Å². The molecule has 19 heavy (non-hydrogen) atoms. The molecule has 0 spiro atoms. The first-order chi connectivity index (χ1) is 9.02. The maximum Gasteiger partial charge on any atom is 0.331 e. The van der Waals surface area contributed by atoms with Gasteiger partial charge >= 0.3 is 5.97 Å². The minimum Gasteiger partial charge on any atom is -0.478 e. The SMILES string of the molecule is CC(C(=O)O)=C(C)C(=O)NCCN1CCCCCC1. The van der Waals surface area contributed by atoms with E-state index in [4.69, 9.17) is 5.11 Å². The quantitative estimate of drug-likeness (QED) is 0.739. The first-order valence-electron chi connectivity index (χ1n) is 6.93. The zero-order valence-corrected chi connectivity index (χ0v) is 11.9. The Morgan fingerprint density at radius 2 is 1.63 bits per heavy atom. The molecular weight excluding hydrogens is 244 g/mol. The average Bonchev–Trinajstić information content (AvgIpc) is 2.65. The number of nitrogens with zero attached hydrogens (tertiary/aromatic N) is 1. The standard InChI is InChI=1S/C14H24N2O3/c1-11(12(2)14(18)19)13(17)15-7-10-16-8-5-3-4-6-9-16/h3-10H2,1-2H3,(H,15,17)(H,18,19). The van der Waals surface area contributed by atoms with E-state index in [2.05, 4.69) is 10.2 Å². The molecule has 108 valence electrons. The summed E-state index contributed by atoms with van der Waals surface area (Å²) in [7, 11) is 0. The minimum atomic E-state index is -1.04. The molecule has 5 heteroatoms. The number of carbonyl (C=O) groups excluding carboxylic acids is 1. The van der Waals surface area contributed by atoms with Crippen LogP contribution in [-0.4, -0.2) is 48.1 Å². The Labute approximate surface area is 114 Å². The summed E-state index contributed by atoms with van der Waals surface area (Å²) in [6, 6.07) is 0. The van der Waals surface area contributed by atoms with Crippen molar-refractivity contribution in [1.29, 1.82) is 0 Å². The van der Waals surface area contributed by atoms with Crippen LogP contribution < -0.4 is 5.32 Å². The van der Waals surface area contributed by atoms with Crippen molar-refractivity contribution in [3.05, 3.63) is 11.1 Å². The molecule has 1 saturated heterocycles. The maximum absolute atomic E-state index is 11.7. The molecule has 5 nitrogen and oxygen atoms in total. The number of aliphatic carboxylic acids is 1. The third-order valence-corrected chi connectivity index (χ3v) is 3.64. The van der Waals surface area contributed by atoms with E-state index in [-0.39, 0.29) is 17.1 Å². The molecule has 0 bridgehead atoms. The molecule has 2 N–H and O–H groups in total. The Morgan fingerprint density at radius 1 is 1.05 bits per heavy atom. The highest BCUT2D eigenvalue weighted by molar-refractivity contribution is 6.01. The lowest BCUT2D eigenvalue weighted by Crippen LogP contribution is -2.36. The van der Waals surface area contributed by atoms with E-state index in [1.165, 1.54) is 32.6 Å². The van der Waals surface area contributed by atoms with Crippen LogP contribution >= 0.6 is 0 Å². The number of hydrogen-bond donors (Lipinski definition) is 2. The molecule has 1 fully saturated rings. The highest BCUT2D eigenvalue weighted by Gasteiger charge is 2.13. The summed E-state index contributed by atoms with van der Waals surface area (Å²) in [4.78, 5) is 24.9. The summed E-state index contributed by atoms with van der Waals surface area (Å²) in [6.45, 7) is 6.60. The van der Waals surface area contributed by atoms with Gasteiger partial charge in [0, 0.05) is 24.2 Å². The number of nitrogens with one attached hydrogen (secondary N) is 1. The van der Waals surface area contributed by atoms with Gasteiger partial charge in [-0.05, 0) is 39.8 Å². The number of carboxylic acid groups (broad SMARTS) is 1. The molecule has 1 heterocycles. The molecule has 0 aromatic carbocycles. The first-order valence-corrected chi connectivity index (χ1v) is 6.93. The zero-order valence-electron chi connectivity index (χ0n) is 11.9. The van der Waals surface area contributed by atoms with Gasteiger partial charge in [-0.15, -0.1) is 0 Å². The molecule has 0 aromatic heterocycles. The van der Waals surface area contributed by atoms with Crippen molar-refractivity contribution in [1.82, 2.24) is 10.2 Å². The summed E-state index contributed by atoms with van der Waals surface area (Å²) in [5.74, 6) is -1.32. The Kier molecular flexibility index (Phi) is 6.56. The molecule has 0 aliphatic carbocycles. The fraction of sp³-hybridized carbons (Fsp3) is 0.714. The normalized spacial score (nSPS) is 18.4. The average molecular weight is 268 g/mol. The van der Waals surface area contributed by atoms with Crippen LogP contribution in [0.5, 0.6) is 0 Å². The summed E-state index contributed by atoms with van der Waals surface area (Å²) in [5, 5.41) is 11.6. The molecule has 0 unspecified atom stereocenters. The summed E-state index contributed by atoms with van der Waals surface area (Å²) < 4.78 is 0. The largest absolute Gasteiger partial charge is 0.478 e. The summed E-state index contributed by atoms with van der Waals surface area (Å²) in [6.07, 6.45) is 5.04. The molecule has 1 aliphatic heterocycles. The van der Waals surface area contributed by atoms with E-state index in [1.807, 2.05) is 0 Å². The zero-order chi connectivity index (χ0) is 14.3. The van der Waals surface area contributed by atoms with E-state index in [0.717, 1.165) is 19.6 Å². The number of likely N-dealkylation sites (tertiary alicyclic amines) is 1. The minimum absolute atomic E-state index is 0.104. The molecular formula is C14H24N2O3. The lowest BCUT2D eigenvalue weighted by Gasteiger charge is -2.19. The van der Waals surface area contributed by atoms with Gasteiger partial charge in [-0.3, -0.25) is 4.79 Å². The number of rotatable bonds is 5. The highest BCUT2D eigenvalue weighted by Crippen LogP contribution is 2.08. The highest BCUT2D eigenvalue weighted by atomic mass is 16.4. The molecule has 0 saturated carbocycles. The van der Waals surface area contributed by atoms with Crippen LogP contribution in [0.3, 0.4) is 0 Å². The second-order valence-corrected chi connectivity index (χ2v) is 5.07. The van der Waals surface area contributed by atoms with Gasteiger partial charge in [-0.2, -0.15) is 0 Å². The van der Waals surface area contributed by atoms with Crippen LogP contribution in [0.15, 0.2) is 11.1 Å². The van der Waals surface area contributed by atoms with Crippen LogP contribution in [-0.2, 0) is 9.59 Å². The van der Waals surface area contributed by atoms with Crippen molar-refractivity contribution in [3.8, 4) is 0 Å². The molecule has 1 aliphatic rings. The fourth-order valence-electron chi connectivity index (χ4n) is 2.15. The van der Waals surface area contributed by atoms with Crippen molar-refractivity contribution < 1.29 is 14.7 Å². The van der Waals surface area contributed by atoms with Crippen molar-refractivity contribution in [2.45, 2.75) is 39.5 Å². The first kappa shape index (κ1) is 15.7. The van der Waals surface area contributed by atoms with Gasteiger partial charge in [-0.1, -0.05) is 12.8 Å². The maximum atomic E-state index is 11.7. The van der Waals surface area contributed by atoms with Crippen molar-refractivity contribution in [3.63, 3.8) is 0 Å². The van der Waals surface area contributed by atoms with Gasteiger partial charge in [0.05, 0.1) is 0 Å². The lowest BCUT2D eigenvalue weighted by molar-refractivity contribution is -0.133. The van der Waals surface area contributed by atoms with Crippen molar-refractivity contribution >= 4 is 11.9 Å². The van der Waals surface area contributed by atoms with Crippen LogP contribution in [0.1, 0.15) is 39.5 Å². The number of hydrogen-bond acceptors (Lipinski definition) is 3. The predicted molar refractivity (Wildman–Crippen MR) is 73.9 cm³/mol. The second-order valence-electron chi connectivity index (χ2n) is 5.07. The Bertz CT molecular complexity index is 356. The van der Waals surface area contributed by atoms with E-state index in [0.29, 0.717) is 6.54 Å². The Morgan fingerprint density at radius 3 is 2.16 bits per heavy atom. The van der Waals surface area contributed by atoms with Crippen LogP contribution in [0, 0.1) is 0 Å². The molecule has 1 rings (SSSR count). The van der Waals surface area contributed by atoms with Gasteiger partial charge in [0.2, 0.25) is 5.91 Å². The van der Waals surface area contributed by atoms with Crippen LogP contribution in [0.25, 0.3) is 0 Å². The summed E-state index contributed by atoms with van der Waals surface area (Å²) in [5.41, 5.74) is 0.385. The second kappa shape index (κ2) is 7.94. The van der Waals surface area contributed by atoms with Gasteiger partial charge in [-0.25, -0.2) is 4.79 Å². The Hall–Kier alpha value is -1.36. The lowest BCUT2D eigenvalue weighted by atomic mass is 10.1. The van der Waals surface area contributed by atoms with E-state index < -0.39 is 5.97 Å². The van der Waals surface area contributed by atoms with Crippen LogP contribution in [0.4, 0.5) is 0 Å². The molecule has 0 aromatic rings. The summed E-state index contributed by atoms with van der Waals surface area (Å²) >= 11 is 0. The number of carbonyl (C=O) groups is 2. The molecule has 0 atom stereocenters. The molecule has 0 radical (unpaired) electrons. The van der Waals surface area contributed by atoms with Crippen molar-refractivity contribution in [2.75, 3.05) is 26.2 Å². The third-order valence-electron chi connectivity index (χ3n) is 3.64. The van der Waals surface area contributed by atoms with Crippen LogP contribution in [0.2, 0.25) is 0 Å². The monoisotopic (exact) mass is 268 g/mol. The smallest absolute Gasteiger partial charge is 0.331 e. The topological polar surface area (TPSA) is 69.6 Å².